The number of nitrogens with zero attached hydrogens (tertiary/aromatic N) is 6. The van der Waals surface area contributed by atoms with Gasteiger partial charge in [0.2, 0.25) is 0 Å². The first-order chi connectivity index (χ1) is 19.4. The Balaban J connectivity index is 1.26. The Labute approximate surface area is 230 Å². The molecule has 0 radical (unpaired) electrons. The van der Waals surface area contributed by atoms with Crippen molar-refractivity contribution in [1.82, 2.24) is 35.4 Å². The largest absolute Gasteiger partial charge is 0.347 e. The molecule has 0 aliphatic carbocycles. The number of aromatic nitrogens is 5. The van der Waals surface area contributed by atoms with Crippen LogP contribution in [0, 0.1) is 11.6 Å². The van der Waals surface area contributed by atoms with E-state index in [2.05, 4.69) is 55.3 Å². The van der Waals surface area contributed by atoms with E-state index in [0.29, 0.717) is 18.8 Å². The lowest BCUT2D eigenvalue weighted by molar-refractivity contribution is 0.144. The van der Waals surface area contributed by atoms with Crippen molar-refractivity contribution in [1.29, 1.82) is 0 Å². The first-order valence-electron chi connectivity index (χ1n) is 13.3. The van der Waals surface area contributed by atoms with Gasteiger partial charge in [0.25, 0.3) is 0 Å². The zero-order chi connectivity index (χ0) is 27.7. The molecule has 0 spiro atoms. The zero-order valence-electron chi connectivity index (χ0n) is 22.2. The number of halogens is 2. The SMILES string of the molecule is C=C1N=C/C=C(/c2n[nH]c3ccc(-n4cc([C@@]5(C)CCCN(Cc6c(F)cccc6F)C5)nn4)cc23)C/C=C\N1. The summed E-state index contributed by atoms with van der Waals surface area (Å²) in [6.45, 7) is 7.63. The molecule has 2 aliphatic heterocycles. The lowest BCUT2D eigenvalue weighted by atomic mass is 9.79. The van der Waals surface area contributed by atoms with Crippen molar-refractivity contribution in [3.05, 3.63) is 102 Å². The molecule has 4 aromatic rings. The molecule has 2 N–H and O–H groups in total. The fourth-order valence-electron chi connectivity index (χ4n) is 5.49. The van der Waals surface area contributed by atoms with Crippen LogP contribution in [0.3, 0.4) is 0 Å². The van der Waals surface area contributed by atoms with Gasteiger partial charge in [0.05, 0.1) is 28.8 Å². The van der Waals surface area contributed by atoms with E-state index in [1.165, 1.54) is 18.2 Å². The highest BCUT2D eigenvalue weighted by molar-refractivity contribution is 5.95. The fourth-order valence-corrected chi connectivity index (χ4v) is 5.49. The quantitative estimate of drug-likeness (QED) is 0.354. The molecule has 1 fully saturated rings. The molecule has 1 atom stereocenters. The molecule has 8 nitrogen and oxygen atoms in total. The monoisotopic (exact) mass is 540 g/mol. The molecule has 6 rings (SSSR count). The van der Waals surface area contributed by atoms with E-state index >= 15 is 0 Å². The van der Waals surface area contributed by atoms with E-state index in [1.54, 1.807) is 10.9 Å². The second-order valence-electron chi connectivity index (χ2n) is 10.6. The first-order valence-corrected chi connectivity index (χ1v) is 13.3. The maximum Gasteiger partial charge on any atom is 0.130 e. The van der Waals surface area contributed by atoms with E-state index in [4.69, 9.17) is 0 Å². The summed E-state index contributed by atoms with van der Waals surface area (Å²) in [5.74, 6) is -0.453. The van der Waals surface area contributed by atoms with Crippen LogP contribution in [0.15, 0.2) is 78.3 Å². The molecule has 10 heteroatoms. The lowest BCUT2D eigenvalue weighted by Crippen LogP contribution is -2.44. The summed E-state index contributed by atoms with van der Waals surface area (Å²) in [5, 5.41) is 20.7. The summed E-state index contributed by atoms with van der Waals surface area (Å²) in [4.78, 5) is 6.38. The smallest absolute Gasteiger partial charge is 0.130 e. The van der Waals surface area contributed by atoms with Gasteiger partial charge in [-0.1, -0.05) is 30.9 Å². The summed E-state index contributed by atoms with van der Waals surface area (Å²) in [6, 6.07) is 10.0. The fraction of sp³-hybridized carbons (Fsp3) is 0.267. The van der Waals surface area contributed by atoms with E-state index in [1.807, 2.05) is 36.7 Å². The van der Waals surface area contributed by atoms with Gasteiger partial charge in [-0.15, -0.1) is 5.10 Å². The molecule has 2 aromatic carbocycles. The molecule has 0 saturated carbocycles. The van der Waals surface area contributed by atoms with E-state index < -0.39 is 11.6 Å². The van der Waals surface area contributed by atoms with Gasteiger partial charge in [-0.05, 0) is 74.0 Å². The van der Waals surface area contributed by atoms with Gasteiger partial charge in [0.1, 0.15) is 17.5 Å². The Bertz CT molecular complexity index is 1640. The Morgan fingerprint density at radius 1 is 1.15 bits per heavy atom. The number of rotatable bonds is 5. The number of H-pyrrole nitrogens is 1. The van der Waals surface area contributed by atoms with Crippen LogP contribution in [0.4, 0.5) is 8.78 Å². The Hall–Kier alpha value is -4.44. The number of aliphatic imine (C=N–C) groups is 1. The molecule has 0 amide bonds. The van der Waals surface area contributed by atoms with Gasteiger partial charge in [-0.2, -0.15) is 5.10 Å². The molecule has 2 aromatic heterocycles. The van der Waals surface area contributed by atoms with Gasteiger partial charge in [0.15, 0.2) is 0 Å². The summed E-state index contributed by atoms with van der Waals surface area (Å²) in [7, 11) is 0. The van der Waals surface area contributed by atoms with E-state index in [-0.39, 0.29) is 17.5 Å². The maximum absolute atomic E-state index is 14.3. The second kappa shape index (κ2) is 10.6. The number of fused-ring (bicyclic) bond motifs is 1. The lowest BCUT2D eigenvalue weighted by Gasteiger charge is -2.39. The Morgan fingerprint density at radius 2 is 2.00 bits per heavy atom. The predicted molar refractivity (Wildman–Crippen MR) is 152 cm³/mol. The third-order valence-corrected chi connectivity index (χ3v) is 7.66. The molecule has 1 saturated heterocycles. The molecule has 0 bridgehead atoms. The third kappa shape index (κ3) is 5.10. The maximum atomic E-state index is 14.3. The second-order valence-corrected chi connectivity index (χ2v) is 10.6. The molecule has 0 unspecified atom stereocenters. The Kier molecular flexibility index (Phi) is 6.85. The van der Waals surface area contributed by atoms with Gasteiger partial charge in [-0.3, -0.25) is 10.00 Å². The van der Waals surface area contributed by atoms with Crippen LogP contribution in [-0.2, 0) is 12.0 Å². The van der Waals surface area contributed by atoms with Gasteiger partial charge >= 0.3 is 0 Å². The predicted octanol–water partition coefficient (Wildman–Crippen LogP) is 5.41. The molecular weight excluding hydrogens is 510 g/mol. The standard InChI is InChI=1S/C30H30F2N8/c1-20-33-13-4-6-21(11-14-34-20)29-23-16-22(9-10-27(23)35-37-29)40-18-28(36-38-40)30(2)12-5-15-39(19-30)17-24-25(31)7-3-8-26(24)32/h3-4,7-11,13-14,16,18,33H,1,5-6,12,15,17,19H2,2H3,(H,35,37)/b13-4-,21-11+,34-14?/t30-/m0/s1. The summed E-state index contributed by atoms with van der Waals surface area (Å²) in [6.07, 6.45) is 12.0. The van der Waals surface area contributed by atoms with Crippen LogP contribution in [0.5, 0.6) is 0 Å². The van der Waals surface area contributed by atoms with Crippen LogP contribution < -0.4 is 5.32 Å². The zero-order valence-corrected chi connectivity index (χ0v) is 22.2. The summed E-state index contributed by atoms with van der Waals surface area (Å²) >= 11 is 0. The van der Waals surface area contributed by atoms with Crippen molar-refractivity contribution in [2.45, 2.75) is 38.1 Å². The van der Waals surface area contributed by atoms with Crippen LogP contribution in [0.2, 0.25) is 0 Å². The number of likely N-dealkylation sites (tertiary alicyclic amines) is 1. The topological polar surface area (TPSA) is 87.0 Å². The first kappa shape index (κ1) is 25.8. The summed E-state index contributed by atoms with van der Waals surface area (Å²) in [5.41, 5.74) is 4.30. The van der Waals surface area contributed by atoms with Crippen molar-refractivity contribution in [3.63, 3.8) is 0 Å². The summed E-state index contributed by atoms with van der Waals surface area (Å²) < 4.78 is 30.4. The molecular formula is C30H30F2N8. The number of hydrogen-bond acceptors (Lipinski definition) is 6. The Morgan fingerprint density at radius 3 is 2.85 bits per heavy atom. The minimum absolute atomic E-state index is 0.109. The number of benzene rings is 2. The highest BCUT2D eigenvalue weighted by Gasteiger charge is 2.35. The molecule has 204 valence electrons. The molecule has 4 heterocycles. The average molecular weight is 541 g/mol. The minimum atomic E-state index is -0.511. The minimum Gasteiger partial charge on any atom is -0.347 e. The van der Waals surface area contributed by atoms with Gasteiger partial charge < -0.3 is 5.32 Å². The van der Waals surface area contributed by atoms with Crippen LogP contribution in [-0.4, -0.2) is 49.4 Å². The third-order valence-electron chi connectivity index (χ3n) is 7.66. The van der Waals surface area contributed by atoms with Gasteiger partial charge in [-0.25, -0.2) is 18.5 Å². The van der Waals surface area contributed by atoms with Crippen molar-refractivity contribution in [3.8, 4) is 5.69 Å². The number of piperidine rings is 1. The van der Waals surface area contributed by atoms with Gasteiger partial charge in [0, 0.05) is 35.7 Å². The highest BCUT2D eigenvalue weighted by Crippen LogP contribution is 2.34. The van der Waals surface area contributed by atoms with Crippen molar-refractivity contribution in [2.75, 3.05) is 13.1 Å². The number of hydrogen-bond donors (Lipinski definition) is 2. The van der Waals surface area contributed by atoms with Crippen LogP contribution >= 0.6 is 0 Å². The normalized spacial score (nSPS) is 22.3. The van der Waals surface area contributed by atoms with E-state index in [0.717, 1.165) is 52.9 Å². The number of nitrogens with one attached hydrogen (secondary N) is 2. The van der Waals surface area contributed by atoms with Crippen LogP contribution in [0.25, 0.3) is 22.2 Å². The number of allylic oxidation sites excluding steroid dienone is 3. The van der Waals surface area contributed by atoms with Crippen LogP contribution in [0.1, 0.15) is 43.1 Å². The average Bonchev–Trinajstić information content (AvgIpc) is 3.61. The van der Waals surface area contributed by atoms with Crippen molar-refractivity contribution in [2.24, 2.45) is 4.99 Å². The van der Waals surface area contributed by atoms with Crippen molar-refractivity contribution >= 4 is 22.7 Å². The highest BCUT2D eigenvalue weighted by atomic mass is 19.1. The van der Waals surface area contributed by atoms with E-state index in [9.17, 15) is 8.78 Å². The van der Waals surface area contributed by atoms with Crippen molar-refractivity contribution < 1.29 is 8.78 Å². The molecule has 2 aliphatic rings. The number of aromatic amines is 1. The molecule has 40 heavy (non-hydrogen) atoms.